The van der Waals surface area contributed by atoms with Crippen molar-refractivity contribution in [2.24, 2.45) is 0 Å². The number of methoxy groups -OCH3 is 1. The number of sulfone groups is 1. The number of nitro benzene ring substituents is 1. The molecule has 0 aliphatic heterocycles. The molecule has 2 aromatic rings. The molecule has 10 heteroatoms. The van der Waals surface area contributed by atoms with E-state index < -0.39 is 25.9 Å². The molecule has 2 aromatic carbocycles. The van der Waals surface area contributed by atoms with E-state index in [1.54, 1.807) is 6.07 Å². The Bertz CT molecular complexity index is 944. The van der Waals surface area contributed by atoms with Gasteiger partial charge < -0.3 is 10.1 Å². The minimum atomic E-state index is -4.04. The number of hydrogen-bond donors (Lipinski definition) is 1. The zero-order valence-corrected chi connectivity index (χ0v) is 15.4. The lowest BCUT2D eigenvalue weighted by Gasteiger charge is -2.15. The van der Waals surface area contributed by atoms with Crippen molar-refractivity contribution in [2.75, 3.05) is 12.4 Å². The maximum absolute atomic E-state index is 12.6. The smallest absolute Gasteiger partial charge is 0.269 e. The van der Waals surface area contributed by atoms with Gasteiger partial charge >= 0.3 is 0 Å². The fraction of sp³-hybridized carbons (Fsp3) is 0.188. The van der Waals surface area contributed by atoms with Gasteiger partial charge in [-0.2, -0.15) is 0 Å². The van der Waals surface area contributed by atoms with Gasteiger partial charge in [-0.3, -0.25) is 14.9 Å². The van der Waals surface area contributed by atoms with E-state index in [9.17, 15) is 23.3 Å². The Morgan fingerprint density at radius 1 is 1.23 bits per heavy atom. The molecule has 1 atom stereocenters. The van der Waals surface area contributed by atoms with E-state index in [-0.39, 0.29) is 16.3 Å². The normalized spacial score (nSPS) is 12.3. The first-order chi connectivity index (χ1) is 12.2. The van der Waals surface area contributed by atoms with Gasteiger partial charge in [-0.05, 0) is 37.3 Å². The molecule has 0 fully saturated rings. The number of nitrogens with one attached hydrogen (secondary N) is 1. The molecule has 0 spiro atoms. The predicted octanol–water partition coefficient (Wildman–Crippen LogP) is 3.06. The summed E-state index contributed by atoms with van der Waals surface area (Å²) >= 11 is 5.88. The molecule has 0 heterocycles. The van der Waals surface area contributed by atoms with Crippen LogP contribution in [0.3, 0.4) is 0 Å². The van der Waals surface area contributed by atoms with Crippen molar-refractivity contribution in [3.8, 4) is 5.75 Å². The molecular weight excluding hydrogens is 384 g/mol. The van der Waals surface area contributed by atoms with E-state index in [2.05, 4.69) is 5.32 Å². The van der Waals surface area contributed by atoms with Crippen molar-refractivity contribution < 1.29 is 22.9 Å². The van der Waals surface area contributed by atoms with Gasteiger partial charge in [0.15, 0.2) is 9.84 Å². The van der Waals surface area contributed by atoms with Gasteiger partial charge in [0.05, 0.1) is 22.6 Å². The van der Waals surface area contributed by atoms with E-state index in [1.165, 1.54) is 26.2 Å². The molecule has 26 heavy (non-hydrogen) atoms. The van der Waals surface area contributed by atoms with Crippen LogP contribution in [0.25, 0.3) is 0 Å². The summed E-state index contributed by atoms with van der Waals surface area (Å²) in [6.07, 6.45) is 0. The summed E-state index contributed by atoms with van der Waals surface area (Å²) in [7, 11) is -2.64. The number of anilines is 1. The van der Waals surface area contributed by atoms with Gasteiger partial charge in [-0.25, -0.2) is 8.42 Å². The molecule has 0 aliphatic rings. The van der Waals surface area contributed by atoms with Gasteiger partial charge in [0, 0.05) is 17.2 Å². The number of benzene rings is 2. The molecular formula is C16H15ClN2O6S. The maximum Gasteiger partial charge on any atom is 0.269 e. The SMILES string of the molecule is COc1ccc(Cl)cc1NC(=O)[C@H](C)S(=O)(=O)c1ccc([N+](=O)[O-])cc1. The number of halogens is 1. The molecule has 1 N–H and O–H groups in total. The van der Waals surface area contributed by atoms with Gasteiger partial charge in [-0.1, -0.05) is 11.6 Å². The van der Waals surface area contributed by atoms with Gasteiger partial charge in [-0.15, -0.1) is 0 Å². The number of carbonyl (C=O) groups excluding carboxylic acids is 1. The van der Waals surface area contributed by atoms with E-state index in [0.29, 0.717) is 10.8 Å². The summed E-state index contributed by atoms with van der Waals surface area (Å²) in [5.74, 6) is -0.466. The minimum absolute atomic E-state index is 0.191. The maximum atomic E-state index is 12.6. The van der Waals surface area contributed by atoms with E-state index in [1.807, 2.05) is 0 Å². The van der Waals surface area contributed by atoms with Crippen molar-refractivity contribution in [1.82, 2.24) is 0 Å². The van der Waals surface area contributed by atoms with Crippen LogP contribution in [0.1, 0.15) is 6.92 Å². The third kappa shape index (κ3) is 4.12. The van der Waals surface area contributed by atoms with Crippen LogP contribution in [-0.4, -0.2) is 31.6 Å². The Morgan fingerprint density at radius 3 is 2.38 bits per heavy atom. The first-order valence-corrected chi connectivity index (χ1v) is 9.22. The standard InChI is InChI=1S/C16H15ClN2O6S/c1-10(16(20)18-14-9-11(17)3-8-15(14)25-2)26(23,24)13-6-4-12(5-7-13)19(21)22/h3-10H,1-2H3,(H,18,20)/t10-/m0/s1. The van der Waals surface area contributed by atoms with E-state index in [0.717, 1.165) is 24.3 Å². The molecule has 0 radical (unpaired) electrons. The molecule has 138 valence electrons. The van der Waals surface area contributed by atoms with Crippen molar-refractivity contribution in [2.45, 2.75) is 17.1 Å². The predicted molar refractivity (Wildman–Crippen MR) is 96.4 cm³/mol. The molecule has 0 saturated heterocycles. The second-order valence-electron chi connectivity index (χ2n) is 5.27. The van der Waals surface area contributed by atoms with Crippen molar-refractivity contribution in [1.29, 1.82) is 0 Å². The lowest BCUT2D eigenvalue weighted by atomic mass is 10.3. The third-order valence-electron chi connectivity index (χ3n) is 3.63. The average Bonchev–Trinajstić information content (AvgIpc) is 2.61. The quantitative estimate of drug-likeness (QED) is 0.590. The van der Waals surface area contributed by atoms with Crippen LogP contribution in [0, 0.1) is 10.1 Å². The van der Waals surface area contributed by atoms with Gasteiger partial charge in [0.25, 0.3) is 5.69 Å². The van der Waals surface area contributed by atoms with Crippen molar-refractivity contribution in [3.05, 3.63) is 57.6 Å². The van der Waals surface area contributed by atoms with Crippen molar-refractivity contribution in [3.63, 3.8) is 0 Å². The summed E-state index contributed by atoms with van der Waals surface area (Å²) in [6, 6.07) is 8.85. The zero-order valence-electron chi connectivity index (χ0n) is 13.8. The highest BCUT2D eigenvalue weighted by molar-refractivity contribution is 7.92. The highest BCUT2D eigenvalue weighted by Gasteiger charge is 2.30. The monoisotopic (exact) mass is 398 g/mol. The Balaban J connectivity index is 2.26. The summed E-state index contributed by atoms with van der Waals surface area (Å²) in [5, 5.41) is 12.0. The lowest BCUT2D eigenvalue weighted by Crippen LogP contribution is -2.32. The van der Waals surface area contributed by atoms with Gasteiger partial charge in [0.2, 0.25) is 5.91 Å². The number of ether oxygens (including phenoxy) is 1. The Hall–Kier alpha value is -2.65. The highest BCUT2D eigenvalue weighted by atomic mass is 35.5. The van der Waals surface area contributed by atoms with Crippen LogP contribution in [0.4, 0.5) is 11.4 Å². The molecule has 0 aliphatic carbocycles. The van der Waals surface area contributed by atoms with Crippen LogP contribution < -0.4 is 10.1 Å². The van der Waals surface area contributed by atoms with Crippen LogP contribution in [-0.2, 0) is 14.6 Å². The Labute approximate surface area is 154 Å². The van der Waals surface area contributed by atoms with Crippen LogP contribution in [0.5, 0.6) is 5.75 Å². The topological polar surface area (TPSA) is 116 Å². The number of rotatable bonds is 6. The number of amides is 1. The average molecular weight is 399 g/mol. The third-order valence-corrected chi connectivity index (χ3v) is 5.94. The fourth-order valence-corrected chi connectivity index (χ4v) is 3.55. The second kappa shape index (κ2) is 7.71. The van der Waals surface area contributed by atoms with E-state index >= 15 is 0 Å². The molecule has 0 aromatic heterocycles. The zero-order chi connectivity index (χ0) is 19.5. The number of hydrogen-bond acceptors (Lipinski definition) is 6. The fourth-order valence-electron chi connectivity index (χ4n) is 2.11. The summed E-state index contributed by atoms with van der Waals surface area (Å²) in [4.78, 5) is 22.2. The van der Waals surface area contributed by atoms with E-state index in [4.69, 9.17) is 16.3 Å². The van der Waals surface area contributed by atoms with Crippen LogP contribution in [0.2, 0.25) is 5.02 Å². The Morgan fingerprint density at radius 2 is 1.85 bits per heavy atom. The summed E-state index contributed by atoms with van der Waals surface area (Å²) < 4.78 is 30.3. The number of nitro groups is 1. The minimum Gasteiger partial charge on any atom is -0.495 e. The van der Waals surface area contributed by atoms with Crippen LogP contribution in [0.15, 0.2) is 47.4 Å². The first kappa shape index (κ1) is 19.7. The summed E-state index contributed by atoms with van der Waals surface area (Å²) in [6.45, 7) is 1.23. The molecule has 0 unspecified atom stereocenters. The summed E-state index contributed by atoms with van der Waals surface area (Å²) in [5.41, 5.74) is -0.0135. The number of carbonyl (C=O) groups is 1. The van der Waals surface area contributed by atoms with Gasteiger partial charge in [0.1, 0.15) is 11.0 Å². The Kier molecular flexibility index (Phi) is 5.83. The largest absolute Gasteiger partial charge is 0.495 e. The highest BCUT2D eigenvalue weighted by Crippen LogP contribution is 2.28. The molecule has 2 rings (SSSR count). The molecule has 1 amide bonds. The second-order valence-corrected chi connectivity index (χ2v) is 7.98. The molecule has 0 bridgehead atoms. The molecule has 8 nitrogen and oxygen atoms in total. The first-order valence-electron chi connectivity index (χ1n) is 7.29. The van der Waals surface area contributed by atoms with Crippen molar-refractivity contribution >= 4 is 38.7 Å². The number of non-ortho nitro benzene ring substituents is 1. The molecule has 0 saturated carbocycles. The lowest BCUT2D eigenvalue weighted by molar-refractivity contribution is -0.384. The van der Waals surface area contributed by atoms with Crippen LogP contribution >= 0.6 is 11.6 Å². The number of nitrogens with zero attached hydrogens (tertiary/aromatic N) is 1.